The molecule has 0 unspecified atom stereocenters. The van der Waals surface area contributed by atoms with Gasteiger partial charge in [0.25, 0.3) is 5.69 Å². The Morgan fingerprint density at radius 1 is 1.10 bits per heavy atom. The monoisotopic (exact) mass is 347 g/mol. The summed E-state index contributed by atoms with van der Waals surface area (Å²) in [7, 11) is 0. The third kappa shape index (κ3) is 4.00. The zero-order valence-electron chi connectivity index (χ0n) is 10.7. The van der Waals surface area contributed by atoms with E-state index in [1.165, 1.54) is 24.3 Å². The van der Waals surface area contributed by atoms with E-state index >= 15 is 0 Å². The van der Waals surface area contributed by atoms with E-state index in [2.05, 4.69) is 15.9 Å². The molecule has 0 N–H and O–H groups in total. The average molecular weight is 348 g/mol. The molecule has 5 nitrogen and oxygen atoms in total. The lowest BCUT2D eigenvalue weighted by atomic mass is 10.1. The number of nitro benzene ring substituents is 1. The van der Waals surface area contributed by atoms with Crippen molar-refractivity contribution in [2.24, 2.45) is 0 Å². The summed E-state index contributed by atoms with van der Waals surface area (Å²) in [4.78, 5) is 23.7. The number of non-ortho nitro benzene ring substituents is 1. The van der Waals surface area contributed by atoms with Gasteiger partial charge in [0.05, 0.1) is 10.5 Å². The normalized spacial score (nSPS) is 10.5. The van der Waals surface area contributed by atoms with Crippen molar-refractivity contribution in [1.82, 2.24) is 0 Å². The Labute approximate surface area is 129 Å². The Bertz CT molecular complexity index is 678. The molecule has 0 atom stereocenters. The number of carbonyl (C=O) groups is 1. The van der Waals surface area contributed by atoms with Crippen LogP contribution in [0, 0.1) is 10.1 Å². The minimum Gasteiger partial charge on any atom is -0.423 e. The van der Waals surface area contributed by atoms with Gasteiger partial charge in [0, 0.05) is 12.1 Å². The Kier molecular flexibility index (Phi) is 4.84. The van der Waals surface area contributed by atoms with Gasteiger partial charge in [0.15, 0.2) is 0 Å². The van der Waals surface area contributed by atoms with E-state index in [0.29, 0.717) is 5.56 Å². The molecular formula is C15H10BrNO4. The minimum absolute atomic E-state index is 0.0549. The van der Waals surface area contributed by atoms with Crippen LogP contribution in [0.25, 0.3) is 6.08 Å². The molecule has 0 radical (unpaired) electrons. The molecule has 0 aromatic heterocycles. The van der Waals surface area contributed by atoms with Crippen LogP contribution in [0.5, 0.6) is 5.75 Å². The molecule has 0 heterocycles. The highest BCUT2D eigenvalue weighted by Gasteiger charge is 2.10. The van der Waals surface area contributed by atoms with Gasteiger partial charge in [-0.1, -0.05) is 28.1 Å². The summed E-state index contributed by atoms with van der Waals surface area (Å²) in [5.41, 5.74) is 1.29. The van der Waals surface area contributed by atoms with Crippen molar-refractivity contribution >= 4 is 33.7 Å². The van der Waals surface area contributed by atoms with Crippen molar-refractivity contribution in [2.75, 3.05) is 0 Å². The number of ether oxygens (including phenoxy) is 1. The Balaban J connectivity index is 2.08. The van der Waals surface area contributed by atoms with Gasteiger partial charge in [-0.15, -0.1) is 0 Å². The lowest BCUT2D eigenvalue weighted by molar-refractivity contribution is -0.384. The second kappa shape index (κ2) is 6.81. The van der Waals surface area contributed by atoms with Crippen LogP contribution in [0.3, 0.4) is 0 Å². The number of rotatable bonds is 4. The van der Waals surface area contributed by atoms with E-state index in [9.17, 15) is 14.9 Å². The van der Waals surface area contributed by atoms with E-state index in [1.54, 1.807) is 29.3 Å². The molecule has 0 aliphatic carbocycles. The molecule has 0 aliphatic heterocycles. The Morgan fingerprint density at radius 3 is 2.24 bits per heavy atom. The van der Waals surface area contributed by atoms with Gasteiger partial charge in [-0.3, -0.25) is 10.1 Å². The largest absolute Gasteiger partial charge is 0.423 e. The van der Waals surface area contributed by atoms with Crippen LogP contribution in [0.1, 0.15) is 15.9 Å². The lowest BCUT2D eigenvalue weighted by Gasteiger charge is -2.04. The third-order valence-electron chi connectivity index (χ3n) is 2.66. The topological polar surface area (TPSA) is 69.4 Å². The number of carbonyl (C=O) groups excluding carboxylic acids is 1. The van der Waals surface area contributed by atoms with Gasteiger partial charge in [-0.05, 0) is 40.9 Å². The third-order valence-corrected chi connectivity index (χ3v) is 2.92. The van der Waals surface area contributed by atoms with Crippen LogP contribution < -0.4 is 4.74 Å². The zero-order valence-corrected chi connectivity index (χ0v) is 12.3. The number of benzene rings is 2. The van der Waals surface area contributed by atoms with E-state index < -0.39 is 10.9 Å². The van der Waals surface area contributed by atoms with E-state index in [1.807, 2.05) is 6.08 Å². The SMILES string of the molecule is O=C(Oc1ccc([N+](=O)[O-])cc1)c1ccc(/C=C/Br)cc1. The highest BCUT2D eigenvalue weighted by molar-refractivity contribution is 9.11. The quantitative estimate of drug-likeness (QED) is 0.360. The maximum absolute atomic E-state index is 11.9. The fourth-order valence-electron chi connectivity index (χ4n) is 1.60. The molecule has 2 aromatic carbocycles. The molecule has 0 spiro atoms. The maximum atomic E-state index is 11.9. The van der Waals surface area contributed by atoms with Crippen LogP contribution in [-0.2, 0) is 0 Å². The predicted octanol–water partition coefficient (Wildman–Crippen LogP) is 4.18. The summed E-state index contributed by atoms with van der Waals surface area (Å²) in [6.07, 6.45) is 1.84. The number of esters is 1. The minimum atomic E-state index is -0.516. The molecule has 106 valence electrons. The fourth-order valence-corrected chi connectivity index (χ4v) is 1.91. The molecule has 0 fully saturated rings. The molecule has 6 heteroatoms. The first-order chi connectivity index (χ1) is 10.1. The van der Waals surface area contributed by atoms with Crippen molar-refractivity contribution in [3.8, 4) is 5.75 Å². The molecule has 21 heavy (non-hydrogen) atoms. The van der Waals surface area contributed by atoms with Crippen molar-refractivity contribution < 1.29 is 14.5 Å². The second-order valence-corrected chi connectivity index (χ2v) is 4.58. The summed E-state index contributed by atoms with van der Waals surface area (Å²) < 4.78 is 5.15. The first-order valence-corrected chi connectivity index (χ1v) is 6.85. The molecule has 2 rings (SSSR count). The van der Waals surface area contributed by atoms with E-state index in [-0.39, 0.29) is 11.4 Å². The van der Waals surface area contributed by atoms with Crippen LogP contribution in [0.2, 0.25) is 0 Å². The van der Waals surface area contributed by atoms with Crippen molar-refractivity contribution in [2.45, 2.75) is 0 Å². The lowest BCUT2D eigenvalue weighted by Crippen LogP contribution is -2.08. The van der Waals surface area contributed by atoms with Gasteiger partial charge in [0.2, 0.25) is 0 Å². The molecule has 0 saturated carbocycles. The van der Waals surface area contributed by atoms with Crippen LogP contribution in [0.4, 0.5) is 5.69 Å². The van der Waals surface area contributed by atoms with Gasteiger partial charge in [-0.2, -0.15) is 0 Å². The summed E-state index contributed by atoms with van der Waals surface area (Å²) in [5.74, 6) is -0.256. The smallest absolute Gasteiger partial charge is 0.343 e. The summed E-state index contributed by atoms with van der Waals surface area (Å²) >= 11 is 3.17. The van der Waals surface area contributed by atoms with Crippen molar-refractivity contribution in [3.63, 3.8) is 0 Å². The maximum Gasteiger partial charge on any atom is 0.343 e. The average Bonchev–Trinajstić information content (AvgIpc) is 2.49. The van der Waals surface area contributed by atoms with Crippen LogP contribution >= 0.6 is 15.9 Å². The van der Waals surface area contributed by atoms with Gasteiger partial charge in [0.1, 0.15) is 5.75 Å². The molecule has 2 aromatic rings. The summed E-state index contributed by atoms with van der Waals surface area (Å²) in [6, 6.07) is 12.2. The highest BCUT2D eigenvalue weighted by atomic mass is 79.9. The van der Waals surface area contributed by atoms with Gasteiger partial charge in [-0.25, -0.2) is 4.79 Å². The second-order valence-electron chi connectivity index (χ2n) is 4.06. The van der Waals surface area contributed by atoms with Crippen molar-refractivity contribution in [1.29, 1.82) is 0 Å². The number of nitro groups is 1. The summed E-state index contributed by atoms with van der Waals surface area (Å²) in [6.45, 7) is 0. The van der Waals surface area contributed by atoms with Gasteiger partial charge < -0.3 is 4.74 Å². The highest BCUT2D eigenvalue weighted by Crippen LogP contribution is 2.18. The molecule has 0 bridgehead atoms. The standard InChI is InChI=1S/C15H10BrNO4/c16-10-9-11-1-3-12(4-2-11)15(18)21-14-7-5-13(6-8-14)17(19)20/h1-10H/b10-9+. The van der Waals surface area contributed by atoms with Crippen LogP contribution in [0.15, 0.2) is 53.5 Å². The first-order valence-electron chi connectivity index (χ1n) is 5.93. The summed E-state index contributed by atoms with van der Waals surface area (Å²) in [5, 5.41) is 10.5. The first kappa shape index (κ1) is 14.9. The predicted molar refractivity (Wildman–Crippen MR) is 82.5 cm³/mol. The fraction of sp³-hybridized carbons (Fsp3) is 0. The zero-order chi connectivity index (χ0) is 15.2. The van der Waals surface area contributed by atoms with Crippen LogP contribution in [-0.4, -0.2) is 10.9 Å². The van der Waals surface area contributed by atoms with Gasteiger partial charge >= 0.3 is 5.97 Å². The Hall–Kier alpha value is -2.47. The molecular weight excluding hydrogens is 338 g/mol. The molecule has 0 aliphatic rings. The number of halogens is 1. The number of hydrogen-bond acceptors (Lipinski definition) is 4. The van der Waals surface area contributed by atoms with E-state index in [0.717, 1.165) is 5.56 Å². The number of hydrogen-bond donors (Lipinski definition) is 0. The van der Waals surface area contributed by atoms with Crippen molar-refractivity contribution in [3.05, 3.63) is 74.8 Å². The molecule has 0 amide bonds. The van der Waals surface area contributed by atoms with E-state index in [4.69, 9.17) is 4.74 Å². The number of nitrogens with zero attached hydrogens (tertiary/aromatic N) is 1. The Morgan fingerprint density at radius 2 is 1.71 bits per heavy atom. The molecule has 0 saturated heterocycles.